The molecule has 1 aromatic rings. The summed E-state index contributed by atoms with van der Waals surface area (Å²) < 4.78 is 0. The second-order valence-corrected chi connectivity index (χ2v) is 2.40. The fraction of sp³-hybridized carbons (Fsp3) is 0.250. The fourth-order valence-corrected chi connectivity index (χ4v) is 0.785. The molecule has 1 rings (SSSR count). The standard InChI is InChI=1S/C8H10N2O.BrH/c1-6-3-4-9-8(5-6)10-7(2)11;/h3-5H,1-2H3,(H,9,10,11);1H. The largest absolute Gasteiger partial charge is 0.311 e. The molecular weight excluding hydrogens is 220 g/mol. The molecule has 0 saturated heterocycles. The Labute approximate surface area is 82.0 Å². The van der Waals surface area contributed by atoms with Gasteiger partial charge in [0.1, 0.15) is 5.82 Å². The highest BCUT2D eigenvalue weighted by Gasteiger charge is 1.94. The van der Waals surface area contributed by atoms with Gasteiger partial charge >= 0.3 is 0 Å². The monoisotopic (exact) mass is 230 g/mol. The molecule has 0 aliphatic rings. The molecule has 0 radical (unpaired) electrons. The third kappa shape index (κ3) is 3.48. The predicted octanol–water partition coefficient (Wildman–Crippen LogP) is 1.93. The van der Waals surface area contributed by atoms with E-state index in [9.17, 15) is 4.79 Å². The van der Waals surface area contributed by atoms with Gasteiger partial charge in [-0.1, -0.05) is 0 Å². The zero-order valence-electron chi connectivity index (χ0n) is 7.00. The first-order valence-electron chi connectivity index (χ1n) is 3.39. The number of hydrogen-bond donors (Lipinski definition) is 1. The second-order valence-electron chi connectivity index (χ2n) is 2.40. The van der Waals surface area contributed by atoms with Crippen LogP contribution in [0.25, 0.3) is 0 Å². The highest BCUT2D eigenvalue weighted by atomic mass is 79.9. The number of rotatable bonds is 1. The molecule has 0 aliphatic heterocycles. The van der Waals surface area contributed by atoms with Crippen LogP contribution in [-0.2, 0) is 4.79 Å². The van der Waals surface area contributed by atoms with E-state index in [1.165, 1.54) is 6.92 Å². The van der Waals surface area contributed by atoms with Crippen LogP contribution in [0.15, 0.2) is 18.3 Å². The van der Waals surface area contributed by atoms with Crippen molar-refractivity contribution in [2.45, 2.75) is 13.8 Å². The first-order chi connectivity index (χ1) is 5.18. The maximum atomic E-state index is 10.6. The van der Waals surface area contributed by atoms with Gasteiger partial charge in [0.25, 0.3) is 0 Å². The molecule has 66 valence electrons. The fourth-order valence-electron chi connectivity index (χ4n) is 0.785. The van der Waals surface area contributed by atoms with Gasteiger partial charge in [0.15, 0.2) is 0 Å². The molecule has 1 heterocycles. The van der Waals surface area contributed by atoms with Crippen LogP contribution in [0, 0.1) is 6.92 Å². The molecule has 0 atom stereocenters. The minimum Gasteiger partial charge on any atom is -0.311 e. The molecule has 1 aromatic heterocycles. The van der Waals surface area contributed by atoms with Gasteiger partial charge in [-0.3, -0.25) is 4.79 Å². The van der Waals surface area contributed by atoms with E-state index >= 15 is 0 Å². The van der Waals surface area contributed by atoms with E-state index < -0.39 is 0 Å². The van der Waals surface area contributed by atoms with Crippen LogP contribution in [-0.4, -0.2) is 10.9 Å². The Morgan fingerprint density at radius 3 is 2.75 bits per heavy atom. The molecular formula is C8H11BrN2O. The molecule has 0 unspecified atom stereocenters. The van der Waals surface area contributed by atoms with Crippen molar-refractivity contribution in [3.05, 3.63) is 23.9 Å². The van der Waals surface area contributed by atoms with E-state index in [1.807, 2.05) is 19.1 Å². The number of aryl methyl sites for hydroxylation is 1. The highest BCUT2D eigenvalue weighted by molar-refractivity contribution is 8.93. The zero-order valence-corrected chi connectivity index (χ0v) is 8.71. The Morgan fingerprint density at radius 1 is 1.58 bits per heavy atom. The van der Waals surface area contributed by atoms with Crippen molar-refractivity contribution in [2.24, 2.45) is 0 Å². The normalized spacial score (nSPS) is 8.50. The lowest BCUT2D eigenvalue weighted by Crippen LogP contribution is -2.07. The molecule has 0 saturated carbocycles. The molecule has 0 aromatic carbocycles. The van der Waals surface area contributed by atoms with Crippen LogP contribution in [0.5, 0.6) is 0 Å². The number of aromatic nitrogens is 1. The number of nitrogens with zero attached hydrogens (tertiary/aromatic N) is 1. The van der Waals surface area contributed by atoms with E-state index in [0.29, 0.717) is 5.82 Å². The van der Waals surface area contributed by atoms with Crippen molar-refractivity contribution in [3.63, 3.8) is 0 Å². The van der Waals surface area contributed by atoms with Gasteiger partial charge in [-0.25, -0.2) is 4.98 Å². The number of amides is 1. The average molecular weight is 231 g/mol. The SMILES string of the molecule is Br.CC(=O)Nc1cc(C)ccn1. The van der Waals surface area contributed by atoms with Crippen LogP contribution in [0.1, 0.15) is 12.5 Å². The first kappa shape index (κ1) is 11.1. The highest BCUT2D eigenvalue weighted by Crippen LogP contribution is 2.04. The number of pyridine rings is 1. The molecule has 4 heteroatoms. The summed E-state index contributed by atoms with van der Waals surface area (Å²) in [6, 6.07) is 3.70. The van der Waals surface area contributed by atoms with E-state index in [2.05, 4.69) is 10.3 Å². The molecule has 0 aliphatic carbocycles. The van der Waals surface area contributed by atoms with Crippen LogP contribution in [0.4, 0.5) is 5.82 Å². The smallest absolute Gasteiger partial charge is 0.222 e. The summed E-state index contributed by atoms with van der Waals surface area (Å²) >= 11 is 0. The average Bonchev–Trinajstić information content (AvgIpc) is 1.85. The van der Waals surface area contributed by atoms with Crippen molar-refractivity contribution in [1.29, 1.82) is 0 Å². The van der Waals surface area contributed by atoms with Crippen molar-refractivity contribution >= 4 is 28.7 Å². The van der Waals surface area contributed by atoms with Gasteiger partial charge in [-0.05, 0) is 24.6 Å². The summed E-state index contributed by atoms with van der Waals surface area (Å²) in [5, 5.41) is 2.60. The minimum absolute atomic E-state index is 0. The van der Waals surface area contributed by atoms with E-state index in [4.69, 9.17) is 0 Å². The van der Waals surface area contributed by atoms with Crippen molar-refractivity contribution in [1.82, 2.24) is 4.98 Å². The number of hydrogen-bond acceptors (Lipinski definition) is 2. The molecule has 0 bridgehead atoms. The predicted molar refractivity (Wildman–Crippen MR) is 53.6 cm³/mol. The van der Waals surface area contributed by atoms with Crippen molar-refractivity contribution in [2.75, 3.05) is 5.32 Å². The number of nitrogens with one attached hydrogen (secondary N) is 1. The van der Waals surface area contributed by atoms with Gasteiger partial charge in [-0.2, -0.15) is 0 Å². The molecule has 12 heavy (non-hydrogen) atoms. The zero-order chi connectivity index (χ0) is 8.27. The van der Waals surface area contributed by atoms with Gasteiger partial charge < -0.3 is 5.32 Å². The third-order valence-corrected chi connectivity index (χ3v) is 1.22. The lowest BCUT2D eigenvalue weighted by atomic mass is 10.3. The lowest BCUT2D eigenvalue weighted by molar-refractivity contribution is -0.114. The quantitative estimate of drug-likeness (QED) is 0.802. The molecule has 3 nitrogen and oxygen atoms in total. The van der Waals surface area contributed by atoms with Gasteiger partial charge in [-0.15, -0.1) is 17.0 Å². The van der Waals surface area contributed by atoms with Crippen LogP contribution < -0.4 is 5.32 Å². The molecule has 0 spiro atoms. The summed E-state index contributed by atoms with van der Waals surface area (Å²) in [6.45, 7) is 3.41. The van der Waals surface area contributed by atoms with Crippen LogP contribution in [0.3, 0.4) is 0 Å². The van der Waals surface area contributed by atoms with Crippen molar-refractivity contribution < 1.29 is 4.79 Å². The van der Waals surface area contributed by atoms with Gasteiger partial charge in [0, 0.05) is 13.1 Å². The van der Waals surface area contributed by atoms with Gasteiger partial charge in [0.2, 0.25) is 5.91 Å². The minimum atomic E-state index is -0.0944. The molecule has 0 fully saturated rings. The maximum Gasteiger partial charge on any atom is 0.222 e. The number of carbonyl (C=O) groups excluding carboxylic acids is 1. The Hall–Kier alpha value is -0.900. The van der Waals surface area contributed by atoms with Gasteiger partial charge in [0.05, 0.1) is 0 Å². The Morgan fingerprint density at radius 2 is 2.25 bits per heavy atom. The number of anilines is 1. The summed E-state index contributed by atoms with van der Waals surface area (Å²) in [4.78, 5) is 14.5. The Balaban J connectivity index is 0.00000121. The van der Waals surface area contributed by atoms with E-state index in [0.717, 1.165) is 5.56 Å². The summed E-state index contributed by atoms with van der Waals surface area (Å²) in [5.74, 6) is 0.514. The van der Waals surface area contributed by atoms with E-state index in [-0.39, 0.29) is 22.9 Å². The number of halogens is 1. The third-order valence-electron chi connectivity index (χ3n) is 1.22. The number of carbonyl (C=O) groups is 1. The maximum absolute atomic E-state index is 10.6. The molecule has 1 amide bonds. The first-order valence-corrected chi connectivity index (χ1v) is 3.39. The van der Waals surface area contributed by atoms with Crippen LogP contribution >= 0.6 is 17.0 Å². The molecule has 1 N–H and O–H groups in total. The lowest BCUT2D eigenvalue weighted by Gasteiger charge is -1.99. The summed E-state index contributed by atoms with van der Waals surface area (Å²) in [6.07, 6.45) is 1.67. The second kappa shape index (κ2) is 4.87. The topological polar surface area (TPSA) is 42.0 Å². The Bertz CT molecular complexity index is 276. The summed E-state index contributed by atoms with van der Waals surface area (Å²) in [7, 11) is 0. The van der Waals surface area contributed by atoms with E-state index in [1.54, 1.807) is 6.20 Å². The Kier molecular flexibility index (Phi) is 4.51. The van der Waals surface area contributed by atoms with Crippen molar-refractivity contribution in [3.8, 4) is 0 Å². The summed E-state index contributed by atoms with van der Waals surface area (Å²) in [5.41, 5.74) is 1.09. The van der Waals surface area contributed by atoms with Crippen LogP contribution in [0.2, 0.25) is 0 Å².